The molecule has 0 radical (unpaired) electrons. The fourth-order valence-corrected chi connectivity index (χ4v) is 1.91. The summed E-state index contributed by atoms with van der Waals surface area (Å²) >= 11 is 1.13. The van der Waals surface area contributed by atoms with Gasteiger partial charge in [0.25, 0.3) is 0 Å². The van der Waals surface area contributed by atoms with Crippen molar-refractivity contribution in [1.82, 2.24) is 14.6 Å². The van der Waals surface area contributed by atoms with Crippen LogP contribution in [0.15, 0.2) is 9.90 Å². The highest BCUT2D eigenvalue weighted by Gasteiger charge is 2.12. The molecule has 2 rings (SSSR count). The van der Waals surface area contributed by atoms with Crippen LogP contribution < -0.4 is 11.0 Å². The van der Waals surface area contributed by atoms with Crippen LogP contribution in [0.1, 0.15) is 19.5 Å². The van der Waals surface area contributed by atoms with Gasteiger partial charge in [0.1, 0.15) is 0 Å². The number of fused-ring (bicyclic) bond motifs is 1. The van der Waals surface area contributed by atoms with E-state index < -0.39 is 11.4 Å². The van der Waals surface area contributed by atoms with Gasteiger partial charge in [-0.15, -0.1) is 5.10 Å². The molecule has 0 amide bonds. The third kappa shape index (κ3) is 2.16. The summed E-state index contributed by atoms with van der Waals surface area (Å²) in [4.78, 5) is 15.8. The minimum absolute atomic E-state index is 0.0698. The first kappa shape index (κ1) is 11.6. The van der Waals surface area contributed by atoms with E-state index in [1.165, 1.54) is 6.92 Å². The molecule has 0 aliphatic heterocycles. The van der Waals surface area contributed by atoms with Crippen LogP contribution in [0.3, 0.4) is 0 Å². The molecule has 6 nitrogen and oxygen atoms in total. The molecule has 0 atom stereocenters. The van der Waals surface area contributed by atoms with Crippen LogP contribution in [0.2, 0.25) is 0 Å². The van der Waals surface area contributed by atoms with E-state index in [1.54, 1.807) is 0 Å². The van der Waals surface area contributed by atoms with Gasteiger partial charge in [0, 0.05) is 5.71 Å². The number of aromatic nitrogens is 3. The molecule has 2 aromatic heterocycles. The topological polar surface area (TPSA) is 71.7 Å². The molecule has 0 aliphatic carbocycles. The van der Waals surface area contributed by atoms with Gasteiger partial charge in [-0.1, -0.05) is 11.3 Å². The van der Waals surface area contributed by atoms with Gasteiger partial charge in [0.2, 0.25) is 15.9 Å². The molecule has 1 N–H and O–H groups in total. The lowest BCUT2D eigenvalue weighted by Gasteiger charge is -1.93. The predicted molar refractivity (Wildman–Crippen MR) is 64.2 cm³/mol. The zero-order valence-electron chi connectivity index (χ0n) is 9.48. The van der Waals surface area contributed by atoms with Crippen LogP contribution in [-0.2, 0) is 0 Å². The van der Waals surface area contributed by atoms with Crippen molar-refractivity contribution in [3.63, 3.8) is 0 Å². The third-order valence-corrected chi connectivity index (χ3v) is 2.71. The van der Waals surface area contributed by atoms with Crippen LogP contribution >= 0.6 is 11.3 Å². The van der Waals surface area contributed by atoms with Gasteiger partial charge in [0.05, 0.1) is 5.69 Å². The van der Waals surface area contributed by atoms with Crippen molar-refractivity contribution in [3.05, 3.63) is 21.9 Å². The summed E-state index contributed by atoms with van der Waals surface area (Å²) in [5, 5.41) is 8.22. The largest absolute Gasteiger partial charge is 0.311 e. The molecule has 0 fully saturated rings. The molecule has 0 aromatic carbocycles. The van der Waals surface area contributed by atoms with Crippen molar-refractivity contribution >= 4 is 27.1 Å². The van der Waals surface area contributed by atoms with Gasteiger partial charge in [-0.3, -0.25) is 10.2 Å². The molecule has 17 heavy (non-hydrogen) atoms. The Kier molecular flexibility index (Phi) is 2.88. The van der Waals surface area contributed by atoms with Crippen molar-refractivity contribution in [2.24, 2.45) is 5.10 Å². The summed E-state index contributed by atoms with van der Waals surface area (Å²) in [5.41, 5.74) is 2.76. The molecule has 2 heterocycles. The molecule has 8 heteroatoms. The fraction of sp³-hybridized carbons (Fsp3) is 0.333. The zero-order valence-corrected chi connectivity index (χ0v) is 10.3. The van der Waals surface area contributed by atoms with Gasteiger partial charge in [-0.2, -0.15) is 14.0 Å². The van der Waals surface area contributed by atoms with Crippen LogP contribution in [-0.4, -0.2) is 20.3 Å². The SMILES string of the molecule is CC(C)=NNc1nn2c(=O)c(F)c(C)nc2s1. The minimum atomic E-state index is -0.880. The summed E-state index contributed by atoms with van der Waals surface area (Å²) in [7, 11) is 0. The minimum Gasteiger partial charge on any atom is -0.264 e. The maximum atomic E-state index is 13.3. The second-order valence-corrected chi connectivity index (χ2v) is 4.54. The number of hydrazone groups is 1. The third-order valence-electron chi connectivity index (χ3n) is 1.90. The molecule has 2 aromatic rings. The summed E-state index contributed by atoms with van der Waals surface area (Å²) in [6.45, 7) is 5.07. The average molecular weight is 255 g/mol. The smallest absolute Gasteiger partial charge is 0.264 e. The van der Waals surface area contributed by atoms with Crippen molar-refractivity contribution in [3.8, 4) is 0 Å². The van der Waals surface area contributed by atoms with Gasteiger partial charge in [0.15, 0.2) is 0 Å². The highest BCUT2D eigenvalue weighted by molar-refractivity contribution is 7.20. The van der Waals surface area contributed by atoms with E-state index in [0.717, 1.165) is 21.6 Å². The highest BCUT2D eigenvalue weighted by Crippen LogP contribution is 2.16. The van der Waals surface area contributed by atoms with Gasteiger partial charge in [-0.25, -0.2) is 4.98 Å². The first-order valence-corrected chi connectivity index (χ1v) is 5.63. The Balaban J connectivity index is 2.55. The van der Waals surface area contributed by atoms with Crippen molar-refractivity contribution in [2.75, 3.05) is 5.43 Å². The van der Waals surface area contributed by atoms with E-state index in [0.29, 0.717) is 10.1 Å². The highest BCUT2D eigenvalue weighted by atomic mass is 32.1. The number of hydrogen-bond acceptors (Lipinski definition) is 6. The lowest BCUT2D eigenvalue weighted by molar-refractivity contribution is 0.580. The Morgan fingerprint density at radius 3 is 2.88 bits per heavy atom. The van der Waals surface area contributed by atoms with Crippen LogP contribution in [0, 0.1) is 12.7 Å². The number of nitrogens with zero attached hydrogens (tertiary/aromatic N) is 4. The quantitative estimate of drug-likeness (QED) is 0.650. The summed E-state index contributed by atoms with van der Waals surface area (Å²) < 4.78 is 14.2. The number of nitrogens with one attached hydrogen (secondary N) is 1. The van der Waals surface area contributed by atoms with E-state index in [4.69, 9.17) is 0 Å². The summed E-state index contributed by atoms with van der Waals surface area (Å²) in [6.07, 6.45) is 0. The monoisotopic (exact) mass is 255 g/mol. The van der Waals surface area contributed by atoms with Crippen LogP contribution in [0.5, 0.6) is 0 Å². The lowest BCUT2D eigenvalue weighted by Crippen LogP contribution is -2.20. The Labute approximate surface area is 99.8 Å². The summed E-state index contributed by atoms with van der Waals surface area (Å²) in [5.74, 6) is -0.880. The van der Waals surface area contributed by atoms with E-state index in [-0.39, 0.29) is 5.69 Å². The molecular formula is C9H10FN5OS. The Morgan fingerprint density at radius 2 is 2.24 bits per heavy atom. The first-order valence-electron chi connectivity index (χ1n) is 4.82. The first-order chi connectivity index (χ1) is 7.99. The molecule has 0 bridgehead atoms. The number of aryl methyl sites for hydroxylation is 1. The molecule has 0 unspecified atom stereocenters. The van der Waals surface area contributed by atoms with E-state index >= 15 is 0 Å². The van der Waals surface area contributed by atoms with Gasteiger partial charge in [-0.05, 0) is 20.8 Å². The number of rotatable bonds is 2. The van der Waals surface area contributed by atoms with Crippen molar-refractivity contribution in [1.29, 1.82) is 0 Å². The predicted octanol–water partition coefficient (Wildman–Crippen LogP) is 1.41. The average Bonchev–Trinajstić information content (AvgIpc) is 2.66. The van der Waals surface area contributed by atoms with Crippen molar-refractivity contribution < 1.29 is 4.39 Å². The molecule has 0 spiro atoms. The van der Waals surface area contributed by atoms with E-state index in [2.05, 4.69) is 20.6 Å². The molecule has 90 valence electrons. The lowest BCUT2D eigenvalue weighted by atomic mass is 10.4. The maximum Gasteiger partial charge on any atom is 0.311 e. The van der Waals surface area contributed by atoms with Gasteiger partial charge >= 0.3 is 5.56 Å². The molecular weight excluding hydrogens is 245 g/mol. The zero-order chi connectivity index (χ0) is 12.6. The van der Waals surface area contributed by atoms with E-state index in [9.17, 15) is 9.18 Å². The second-order valence-electron chi connectivity index (χ2n) is 3.59. The summed E-state index contributed by atoms with van der Waals surface area (Å²) in [6, 6.07) is 0. The fourth-order valence-electron chi connectivity index (χ4n) is 1.13. The Morgan fingerprint density at radius 1 is 1.53 bits per heavy atom. The molecule has 0 saturated carbocycles. The number of hydrogen-bond donors (Lipinski definition) is 1. The van der Waals surface area contributed by atoms with Crippen molar-refractivity contribution in [2.45, 2.75) is 20.8 Å². The molecule has 0 saturated heterocycles. The Bertz CT molecular complexity index is 655. The number of halogens is 1. The normalized spacial score (nSPS) is 10.6. The molecule has 0 aliphatic rings. The van der Waals surface area contributed by atoms with Gasteiger partial charge < -0.3 is 0 Å². The maximum absolute atomic E-state index is 13.3. The van der Waals surface area contributed by atoms with Crippen LogP contribution in [0.4, 0.5) is 9.52 Å². The van der Waals surface area contributed by atoms with E-state index in [1.807, 2.05) is 13.8 Å². The second kappa shape index (κ2) is 4.21. The standard InChI is InChI=1S/C9H10FN5OS/c1-4(2)12-13-8-14-15-7(16)6(10)5(3)11-9(15)17-8/h1-3H3,(H,13,14). The number of anilines is 1. The van der Waals surface area contributed by atoms with Crippen LogP contribution in [0.25, 0.3) is 4.96 Å². The Hall–Kier alpha value is -1.83.